The van der Waals surface area contributed by atoms with Gasteiger partial charge in [0.2, 0.25) is 11.8 Å². The zero-order valence-corrected chi connectivity index (χ0v) is 24.5. The minimum atomic E-state index is -1.29. The highest BCUT2D eigenvalue weighted by atomic mass is 16.6. The number of carboxylic acid groups (broad SMARTS) is 1. The monoisotopic (exact) mass is 596 g/mol. The van der Waals surface area contributed by atoms with E-state index >= 15 is 0 Å². The molecule has 4 aliphatic carbocycles. The van der Waals surface area contributed by atoms with Crippen LogP contribution in [0.25, 0.3) is 0 Å². The highest BCUT2D eigenvalue weighted by molar-refractivity contribution is 5.96. The molecule has 6 rings (SSSR count). The van der Waals surface area contributed by atoms with Gasteiger partial charge in [-0.2, -0.15) is 0 Å². The fraction of sp³-hybridized carbons (Fsp3) is 0.645. The van der Waals surface area contributed by atoms with Gasteiger partial charge in [0.25, 0.3) is 0 Å². The molecule has 12 nitrogen and oxygen atoms in total. The molecule has 5 N–H and O–H groups in total. The molecule has 3 fully saturated rings. The molecule has 3 saturated carbocycles. The number of carbonyl (C=O) groups excluding carboxylic acids is 4. The lowest BCUT2D eigenvalue weighted by Gasteiger charge is -2.44. The Balaban J connectivity index is 1.10. The van der Waals surface area contributed by atoms with E-state index in [4.69, 9.17) is 20.3 Å². The molecule has 2 bridgehead atoms. The van der Waals surface area contributed by atoms with Crippen molar-refractivity contribution in [3.8, 4) is 11.5 Å². The quantitative estimate of drug-likeness (QED) is 0.195. The van der Waals surface area contributed by atoms with Crippen LogP contribution in [0.5, 0.6) is 11.5 Å². The van der Waals surface area contributed by atoms with Crippen LogP contribution in [0.3, 0.4) is 0 Å². The number of carbonyl (C=O) groups is 5. The number of hydrogen-bond donors (Lipinski definition) is 4. The Morgan fingerprint density at radius 3 is 2.79 bits per heavy atom. The third kappa shape index (κ3) is 4.93. The first kappa shape index (κ1) is 29.4. The number of nitrogens with one attached hydrogen (secondary N) is 2. The van der Waals surface area contributed by atoms with Crippen molar-refractivity contribution >= 4 is 29.7 Å². The molecule has 3 amide bonds. The predicted octanol–water partition coefficient (Wildman–Crippen LogP) is 1.66. The fourth-order valence-electron chi connectivity index (χ4n) is 8.60. The van der Waals surface area contributed by atoms with E-state index in [-0.39, 0.29) is 24.3 Å². The molecular formula is C31H40N4O8. The first-order valence-electron chi connectivity index (χ1n) is 15.4. The summed E-state index contributed by atoms with van der Waals surface area (Å²) >= 11 is 0. The summed E-state index contributed by atoms with van der Waals surface area (Å²) in [4.78, 5) is 63.5. The molecule has 5 aliphatic rings. The van der Waals surface area contributed by atoms with Crippen molar-refractivity contribution in [3.63, 3.8) is 0 Å². The molecule has 43 heavy (non-hydrogen) atoms. The Morgan fingerprint density at radius 2 is 2.05 bits per heavy atom. The number of ether oxygens (including phenoxy) is 2. The first-order valence-corrected chi connectivity index (χ1v) is 15.4. The van der Waals surface area contributed by atoms with Gasteiger partial charge in [0, 0.05) is 37.0 Å². The second-order valence-electron chi connectivity index (χ2n) is 12.8. The number of amides is 3. The van der Waals surface area contributed by atoms with Crippen molar-refractivity contribution in [2.24, 2.45) is 23.0 Å². The standard InChI is InChI=1S/C31H40N4O8/c1-2-35(12-11-33-28(40)20(5-3-4-10-32)34-23(37)13-24(38)39)29(41)42-22-9-6-17-14-30-15-19(30)18-7-8-21(36)27-31(18,16-30)25(17)26(22)43-27/h6,9,18-20,27H,2-5,7-8,10-16,32H2,1H3,(H,33,40)(H,34,37)(H,38,39)/t18?,19-,20-,27-,30?,31-/m0/s1. The Labute approximate surface area is 250 Å². The van der Waals surface area contributed by atoms with Gasteiger partial charge in [0.05, 0.1) is 0 Å². The molecule has 1 aromatic rings. The highest BCUT2D eigenvalue weighted by Crippen LogP contribution is 2.81. The molecule has 2 unspecified atom stereocenters. The van der Waals surface area contributed by atoms with Crippen LogP contribution in [-0.2, 0) is 31.0 Å². The van der Waals surface area contributed by atoms with Gasteiger partial charge in [0.15, 0.2) is 23.4 Å². The lowest BCUT2D eigenvalue weighted by Crippen LogP contribution is -2.52. The summed E-state index contributed by atoms with van der Waals surface area (Å²) < 4.78 is 12.3. The minimum absolute atomic E-state index is 0.0995. The van der Waals surface area contributed by atoms with E-state index in [0.29, 0.717) is 67.5 Å². The van der Waals surface area contributed by atoms with Gasteiger partial charge in [0.1, 0.15) is 12.5 Å². The molecule has 0 saturated heterocycles. The summed E-state index contributed by atoms with van der Waals surface area (Å²) in [5.41, 5.74) is 7.85. The lowest BCUT2D eigenvalue weighted by molar-refractivity contribution is -0.141. The van der Waals surface area contributed by atoms with Crippen LogP contribution >= 0.6 is 0 Å². The maximum atomic E-state index is 13.3. The molecule has 1 heterocycles. The van der Waals surface area contributed by atoms with E-state index in [0.717, 1.165) is 24.8 Å². The van der Waals surface area contributed by atoms with Crippen molar-refractivity contribution < 1.29 is 38.6 Å². The fourth-order valence-corrected chi connectivity index (χ4v) is 8.60. The first-order chi connectivity index (χ1) is 20.6. The largest absolute Gasteiger partial charge is 0.481 e. The van der Waals surface area contributed by atoms with Gasteiger partial charge in [-0.25, -0.2) is 4.79 Å². The summed E-state index contributed by atoms with van der Waals surface area (Å²) in [6.07, 6.45) is 4.35. The van der Waals surface area contributed by atoms with E-state index in [9.17, 15) is 24.0 Å². The Hall–Kier alpha value is -3.67. The Morgan fingerprint density at radius 1 is 1.23 bits per heavy atom. The van der Waals surface area contributed by atoms with Crippen LogP contribution in [0.2, 0.25) is 0 Å². The summed E-state index contributed by atoms with van der Waals surface area (Å²) in [6, 6.07) is 2.90. The number of Topliss-reactive ketones (excluding diaryl/α,β-unsaturated/α-hetero) is 1. The number of benzene rings is 1. The predicted molar refractivity (Wildman–Crippen MR) is 152 cm³/mol. The number of likely N-dealkylation sites (N-methyl/N-ethyl adjacent to an activating group) is 1. The number of nitrogens with two attached hydrogens (primary N) is 1. The third-order valence-corrected chi connectivity index (χ3v) is 10.4. The number of hydrogen-bond acceptors (Lipinski definition) is 8. The maximum Gasteiger partial charge on any atom is 0.415 e. The van der Waals surface area contributed by atoms with Crippen molar-refractivity contribution in [1.82, 2.24) is 15.5 Å². The average molecular weight is 597 g/mol. The third-order valence-electron chi connectivity index (χ3n) is 10.4. The number of carboxylic acids is 1. The van der Waals surface area contributed by atoms with Crippen LogP contribution in [0.4, 0.5) is 4.79 Å². The van der Waals surface area contributed by atoms with Gasteiger partial charge in [-0.1, -0.05) is 6.07 Å². The number of ketones is 1. The van der Waals surface area contributed by atoms with E-state index in [1.54, 1.807) is 13.0 Å². The van der Waals surface area contributed by atoms with Gasteiger partial charge < -0.3 is 35.8 Å². The van der Waals surface area contributed by atoms with Crippen molar-refractivity contribution in [2.75, 3.05) is 26.2 Å². The van der Waals surface area contributed by atoms with Gasteiger partial charge >= 0.3 is 12.1 Å². The van der Waals surface area contributed by atoms with E-state index in [2.05, 4.69) is 10.6 Å². The van der Waals surface area contributed by atoms with Gasteiger partial charge in [-0.3, -0.25) is 19.2 Å². The lowest BCUT2D eigenvalue weighted by atomic mass is 9.58. The Kier molecular flexibility index (Phi) is 7.60. The topological polar surface area (TPSA) is 177 Å². The average Bonchev–Trinajstić information content (AvgIpc) is 3.40. The molecular weight excluding hydrogens is 556 g/mol. The molecule has 12 heteroatoms. The Bertz CT molecular complexity index is 1370. The number of aliphatic carboxylic acids is 1. The van der Waals surface area contributed by atoms with Crippen LogP contribution in [0, 0.1) is 17.3 Å². The molecule has 1 aliphatic heterocycles. The van der Waals surface area contributed by atoms with E-state index < -0.39 is 42.4 Å². The number of nitrogens with zero attached hydrogens (tertiary/aromatic N) is 1. The van der Waals surface area contributed by atoms with Crippen molar-refractivity contribution in [2.45, 2.75) is 82.3 Å². The minimum Gasteiger partial charge on any atom is -0.481 e. The summed E-state index contributed by atoms with van der Waals surface area (Å²) in [7, 11) is 0. The van der Waals surface area contributed by atoms with Gasteiger partial charge in [-0.05, 0) is 87.3 Å². The van der Waals surface area contributed by atoms with Gasteiger partial charge in [-0.15, -0.1) is 0 Å². The van der Waals surface area contributed by atoms with Crippen LogP contribution < -0.4 is 25.8 Å². The zero-order valence-electron chi connectivity index (χ0n) is 24.5. The summed E-state index contributed by atoms with van der Waals surface area (Å²) in [5.74, 6) is -0.428. The molecule has 6 atom stereocenters. The van der Waals surface area contributed by atoms with Crippen molar-refractivity contribution in [3.05, 3.63) is 23.3 Å². The van der Waals surface area contributed by atoms with Crippen LogP contribution in [-0.4, -0.2) is 78.0 Å². The van der Waals surface area contributed by atoms with Crippen LogP contribution in [0.1, 0.15) is 69.4 Å². The zero-order chi connectivity index (χ0) is 30.5. The second-order valence-corrected chi connectivity index (χ2v) is 12.8. The van der Waals surface area contributed by atoms with E-state index in [1.165, 1.54) is 16.9 Å². The normalized spacial score (nSPS) is 29.1. The van der Waals surface area contributed by atoms with Crippen LogP contribution in [0.15, 0.2) is 12.1 Å². The summed E-state index contributed by atoms with van der Waals surface area (Å²) in [5, 5.41) is 14.1. The molecule has 232 valence electrons. The molecule has 0 aromatic heterocycles. The number of unbranched alkanes of at least 4 members (excludes halogenated alkanes) is 1. The number of fused-ring (bicyclic) bond motifs is 1. The maximum absolute atomic E-state index is 13.3. The second kappa shape index (κ2) is 11.1. The number of rotatable bonds is 13. The molecule has 1 aromatic carbocycles. The smallest absolute Gasteiger partial charge is 0.415 e. The molecule has 2 spiro atoms. The molecule has 0 radical (unpaired) electrons. The summed E-state index contributed by atoms with van der Waals surface area (Å²) in [6.45, 7) is 2.80. The van der Waals surface area contributed by atoms with Crippen molar-refractivity contribution in [1.29, 1.82) is 0 Å². The van der Waals surface area contributed by atoms with E-state index in [1.807, 2.05) is 6.07 Å². The highest BCUT2D eigenvalue weighted by Gasteiger charge is 2.78. The SMILES string of the molecule is CCN(CCNC(=O)[C@H](CCCCN)NC(=O)CC(=O)O)C(=O)Oc1ccc2c3c1O[C@H]1C(=O)CCC4[C@@H]5CC5(C2)C[C@@]341.